The predicted octanol–water partition coefficient (Wildman–Crippen LogP) is 2.83. The van der Waals surface area contributed by atoms with E-state index in [0.717, 1.165) is 36.1 Å². The number of aromatic nitrogens is 7. The van der Waals surface area contributed by atoms with Crippen LogP contribution in [0.25, 0.3) is 33.8 Å². The average Bonchev–Trinajstić information content (AvgIpc) is 3.53. The number of carbonyl (C=O) groups is 1. The largest absolute Gasteiger partial charge is 0.381 e. The summed E-state index contributed by atoms with van der Waals surface area (Å²) in [5, 5.41) is 2.96. The molecule has 2 aliphatic heterocycles. The lowest BCUT2D eigenvalue weighted by atomic mass is 9.76. The van der Waals surface area contributed by atoms with Crippen molar-refractivity contribution in [1.29, 1.82) is 0 Å². The number of hydrogen-bond donors (Lipinski definition) is 1. The summed E-state index contributed by atoms with van der Waals surface area (Å²) in [5.41, 5.74) is 3.83. The summed E-state index contributed by atoms with van der Waals surface area (Å²) in [7, 11) is 1.91. The van der Waals surface area contributed by atoms with Gasteiger partial charge in [0.2, 0.25) is 5.91 Å². The molecule has 6 heterocycles. The standard InChI is InChI=1S/C24H24N8O2/c1-13-25-9-16(10-26-13)21-30-19-18(28-12-29-22(19)32(21)3)15-6-17-20(27-8-15)31-23(33)24(17,2)7-14-4-5-34-11-14/h6,8-10,12,14H,4-5,7,11H2,1-3H3,(H,27,31,33)/t14-,24?/m1/s1. The third-order valence-corrected chi connectivity index (χ3v) is 6.90. The van der Waals surface area contributed by atoms with E-state index in [-0.39, 0.29) is 5.91 Å². The number of carbonyl (C=O) groups excluding carboxylic acids is 1. The van der Waals surface area contributed by atoms with Crippen LogP contribution in [-0.4, -0.2) is 53.6 Å². The van der Waals surface area contributed by atoms with Crippen LogP contribution in [0.3, 0.4) is 0 Å². The van der Waals surface area contributed by atoms with E-state index in [1.54, 1.807) is 18.6 Å². The highest BCUT2D eigenvalue weighted by molar-refractivity contribution is 6.05. The number of amides is 1. The molecule has 0 radical (unpaired) electrons. The first kappa shape index (κ1) is 20.8. The van der Waals surface area contributed by atoms with Gasteiger partial charge in [0.25, 0.3) is 0 Å². The Labute approximate surface area is 195 Å². The van der Waals surface area contributed by atoms with Gasteiger partial charge in [-0.1, -0.05) is 0 Å². The molecule has 2 aliphatic rings. The molecule has 6 rings (SSSR count). The van der Waals surface area contributed by atoms with Gasteiger partial charge in [-0.2, -0.15) is 0 Å². The number of nitrogens with one attached hydrogen (secondary N) is 1. The lowest BCUT2D eigenvalue weighted by molar-refractivity contribution is -0.120. The molecule has 2 atom stereocenters. The maximum absolute atomic E-state index is 13.0. The van der Waals surface area contributed by atoms with E-state index in [0.29, 0.717) is 46.8 Å². The summed E-state index contributed by atoms with van der Waals surface area (Å²) in [4.78, 5) is 40.0. The van der Waals surface area contributed by atoms with Gasteiger partial charge in [-0.3, -0.25) is 4.79 Å². The van der Waals surface area contributed by atoms with Crippen LogP contribution >= 0.6 is 0 Å². The average molecular weight is 457 g/mol. The van der Waals surface area contributed by atoms with Crippen molar-refractivity contribution < 1.29 is 9.53 Å². The molecule has 1 N–H and O–H groups in total. The van der Waals surface area contributed by atoms with E-state index in [4.69, 9.17) is 9.72 Å². The van der Waals surface area contributed by atoms with Crippen LogP contribution in [0.4, 0.5) is 5.82 Å². The minimum atomic E-state index is -0.669. The zero-order valence-corrected chi connectivity index (χ0v) is 19.2. The topological polar surface area (TPSA) is 121 Å². The quantitative estimate of drug-likeness (QED) is 0.498. The van der Waals surface area contributed by atoms with Gasteiger partial charge in [-0.05, 0) is 38.7 Å². The summed E-state index contributed by atoms with van der Waals surface area (Å²) in [6.45, 7) is 5.28. The van der Waals surface area contributed by atoms with Crippen LogP contribution in [0.15, 0.2) is 31.0 Å². The third kappa shape index (κ3) is 3.17. The molecule has 1 fully saturated rings. The maximum atomic E-state index is 13.0. The van der Waals surface area contributed by atoms with Crippen molar-refractivity contribution in [3.05, 3.63) is 42.4 Å². The van der Waals surface area contributed by atoms with Gasteiger partial charge in [0.05, 0.1) is 11.0 Å². The van der Waals surface area contributed by atoms with Gasteiger partial charge in [0, 0.05) is 50.0 Å². The first-order chi connectivity index (χ1) is 16.4. The summed E-state index contributed by atoms with van der Waals surface area (Å²) in [6.07, 6.45) is 8.45. The minimum absolute atomic E-state index is 0.0219. The number of nitrogens with zero attached hydrogens (tertiary/aromatic N) is 7. The monoisotopic (exact) mass is 456 g/mol. The Morgan fingerprint density at radius 1 is 1.15 bits per heavy atom. The Hall–Kier alpha value is -3.79. The normalized spacial score (nSPS) is 21.7. The number of fused-ring (bicyclic) bond motifs is 2. The van der Waals surface area contributed by atoms with E-state index in [2.05, 4.69) is 30.2 Å². The predicted molar refractivity (Wildman–Crippen MR) is 125 cm³/mol. The van der Waals surface area contributed by atoms with Gasteiger partial charge in [-0.25, -0.2) is 29.9 Å². The number of rotatable bonds is 4. The molecule has 1 amide bonds. The molecule has 1 unspecified atom stereocenters. The Morgan fingerprint density at radius 2 is 1.94 bits per heavy atom. The van der Waals surface area contributed by atoms with Crippen molar-refractivity contribution in [2.24, 2.45) is 13.0 Å². The second kappa shape index (κ2) is 7.63. The fourth-order valence-corrected chi connectivity index (χ4v) is 4.98. The lowest BCUT2D eigenvalue weighted by Gasteiger charge is -2.25. The molecular weight excluding hydrogens is 432 g/mol. The number of pyridine rings is 1. The SMILES string of the molecule is Cc1ncc(-c2nc3c(-c4cnc5c(c4)C(C)(C[C@H]4CCOC4)C(=O)N5)ncnc3n2C)cn1. The van der Waals surface area contributed by atoms with Crippen LogP contribution in [0.5, 0.6) is 0 Å². The van der Waals surface area contributed by atoms with Crippen LogP contribution in [-0.2, 0) is 22.0 Å². The molecule has 4 aromatic heterocycles. The molecule has 172 valence electrons. The van der Waals surface area contributed by atoms with Crippen LogP contribution in [0.1, 0.15) is 31.2 Å². The summed E-state index contributed by atoms with van der Waals surface area (Å²) in [6, 6.07) is 2.02. The highest BCUT2D eigenvalue weighted by atomic mass is 16.5. The van der Waals surface area contributed by atoms with Crippen molar-refractivity contribution in [2.75, 3.05) is 18.5 Å². The van der Waals surface area contributed by atoms with Crippen molar-refractivity contribution in [2.45, 2.75) is 32.1 Å². The van der Waals surface area contributed by atoms with Gasteiger partial charge in [0.1, 0.15) is 35.0 Å². The Balaban J connectivity index is 1.45. The zero-order valence-electron chi connectivity index (χ0n) is 19.2. The van der Waals surface area contributed by atoms with Crippen molar-refractivity contribution >= 4 is 22.9 Å². The molecule has 0 bridgehead atoms. The van der Waals surface area contributed by atoms with Crippen LogP contribution < -0.4 is 5.32 Å². The summed E-state index contributed by atoms with van der Waals surface area (Å²) >= 11 is 0. The second-order valence-electron chi connectivity index (χ2n) is 9.25. The zero-order chi connectivity index (χ0) is 23.4. The van der Waals surface area contributed by atoms with Gasteiger partial charge < -0.3 is 14.6 Å². The molecule has 10 nitrogen and oxygen atoms in total. The number of aryl methyl sites for hydroxylation is 2. The van der Waals surface area contributed by atoms with Crippen LogP contribution in [0.2, 0.25) is 0 Å². The molecule has 1 saturated heterocycles. The fraction of sp³-hybridized carbons (Fsp3) is 0.375. The third-order valence-electron chi connectivity index (χ3n) is 6.90. The van der Waals surface area contributed by atoms with E-state index in [9.17, 15) is 4.79 Å². The summed E-state index contributed by atoms with van der Waals surface area (Å²) in [5.74, 6) is 2.34. The molecule has 0 aliphatic carbocycles. The van der Waals surface area contributed by atoms with Gasteiger partial charge >= 0.3 is 0 Å². The van der Waals surface area contributed by atoms with E-state index >= 15 is 0 Å². The summed E-state index contributed by atoms with van der Waals surface area (Å²) < 4.78 is 7.46. The number of hydrogen-bond acceptors (Lipinski definition) is 8. The smallest absolute Gasteiger partial charge is 0.236 e. The van der Waals surface area contributed by atoms with E-state index in [1.165, 1.54) is 6.33 Å². The lowest BCUT2D eigenvalue weighted by Crippen LogP contribution is -2.33. The van der Waals surface area contributed by atoms with Crippen molar-refractivity contribution in [1.82, 2.24) is 34.5 Å². The molecule has 4 aromatic rings. The van der Waals surface area contributed by atoms with E-state index in [1.807, 2.05) is 31.5 Å². The first-order valence-corrected chi connectivity index (χ1v) is 11.3. The molecular formula is C24H24N8O2. The molecule has 10 heteroatoms. The Morgan fingerprint density at radius 3 is 2.71 bits per heavy atom. The minimum Gasteiger partial charge on any atom is -0.381 e. The first-order valence-electron chi connectivity index (χ1n) is 11.3. The highest BCUT2D eigenvalue weighted by Gasteiger charge is 2.45. The molecule has 0 spiro atoms. The molecule has 0 aromatic carbocycles. The number of imidazole rings is 1. The number of ether oxygens (including phenoxy) is 1. The molecule has 34 heavy (non-hydrogen) atoms. The van der Waals surface area contributed by atoms with Gasteiger partial charge in [0.15, 0.2) is 5.65 Å². The number of anilines is 1. The Bertz CT molecular complexity index is 1430. The fourth-order valence-electron chi connectivity index (χ4n) is 4.98. The van der Waals surface area contributed by atoms with Crippen molar-refractivity contribution in [3.63, 3.8) is 0 Å². The highest BCUT2D eigenvalue weighted by Crippen LogP contribution is 2.44. The van der Waals surface area contributed by atoms with Crippen LogP contribution in [0, 0.1) is 12.8 Å². The van der Waals surface area contributed by atoms with Crippen molar-refractivity contribution in [3.8, 4) is 22.6 Å². The maximum Gasteiger partial charge on any atom is 0.236 e. The second-order valence-corrected chi connectivity index (χ2v) is 9.25. The van der Waals surface area contributed by atoms with Gasteiger partial charge in [-0.15, -0.1) is 0 Å². The molecule has 0 saturated carbocycles. The Kier molecular flexibility index (Phi) is 4.66. The van der Waals surface area contributed by atoms with E-state index < -0.39 is 5.41 Å².